The maximum atomic E-state index is 3.91. The van der Waals surface area contributed by atoms with E-state index in [1.807, 2.05) is 0 Å². The molecule has 2 aromatic carbocycles. The Morgan fingerprint density at radius 2 is 1.50 bits per heavy atom. The lowest BCUT2D eigenvalue weighted by atomic mass is 9.76. The van der Waals surface area contributed by atoms with Crippen molar-refractivity contribution in [1.29, 1.82) is 0 Å². The molecule has 0 radical (unpaired) electrons. The molecule has 2 aromatic rings. The molecule has 1 heteroatoms. The summed E-state index contributed by atoms with van der Waals surface area (Å²) in [6.07, 6.45) is 5.09. The molecule has 0 aromatic heterocycles. The lowest BCUT2D eigenvalue weighted by Crippen LogP contribution is -2.25. The van der Waals surface area contributed by atoms with E-state index in [2.05, 4.69) is 76.6 Å². The first kappa shape index (κ1) is 13.9. The average molecular weight is 329 g/mol. The molecule has 0 bridgehead atoms. The van der Waals surface area contributed by atoms with Gasteiger partial charge in [-0.1, -0.05) is 76.6 Å². The second-order valence-corrected chi connectivity index (χ2v) is 7.06. The zero-order chi connectivity index (χ0) is 13.8. The van der Waals surface area contributed by atoms with Gasteiger partial charge < -0.3 is 0 Å². The number of alkyl halides is 1. The summed E-state index contributed by atoms with van der Waals surface area (Å²) in [6, 6.07) is 21.9. The van der Waals surface area contributed by atoms with Gasteiger partial charge in [-0.15, -0.1) is 0 Å². The highest BCUT2D eigenvalue weighted by molar-refractivity contribution is 9.09. The van der Waals surface area contributed by atoms with E-state index in [9.17, 15) is 0 Å². The Bertz CT molecular complexity index is 520. The minimum Gasteiger partial charge on any atom is -0.0888 e. The van der Waals surface area contributed by atoms with Crippen molar-refractivity contribution in [3.05, 3.63) is 71.8 Å². The van der Waals surface area contributed by atoms with Crippen molar-refractivity contribution in [2.24, 2.45) is 5.92 Å². The minimum atomic E-state index is 0.669. The van der Waals surface area contributed by atoms with Crippen LogP contribution in [-0.4, -0.2) is 4.83 Å². The van der Waals surface area contributed by atoms with E-state index in [-0.39, 0.29) is 0 Å². The molecule has 1 aliphatic rings. The van der Waals surface area contributed by atoms with Crippen molar-refractivity contribution in [3.8, 4) is 0 Å². The summed E-state index contributed by atoms with van der Waals surface area (Å²) in [5, 5.41) is 0. The highest BCUT2D eigenvalue weighted by atomic mass is 79.9. The van der Waals surface area contributed by atoms with Gasteiger partial charge in [-0.05, 0) is 48.6 Å². The second-order valence-electron chi connectivity index (χ2n) is 5.89. The van der Waals surface area contributed by atoms with Crippen molar-refractivity contribution in [2.45, 2.75) is 36.4 Å². The molecule has 0 aliphatic heterocycles. The van der Waals surface area contributed by atoms with Gasteiger partial charge in [0.25, 0.3) is 0 Å². The van der Waals surface area contributed by atoms with Crippen molar-refractivity contribution in [3.63, 3.8) is 0 Å². The molecule has 0 nitrogen and oxygen atoms in total. The molecular weight excluding hydrogens is 308 g/mol. The molecule has 3 unspecified atom stereocenters. The van der Waals surface area contributed by atoms with Crippen molar-refractivity contribution < 1.29 is 0 Å². The maximum Gasteiger partial charge on any atom is 0.0177 e. The predicted octanol–water partition coefficient (Wildman–Crippen LogP) is 5.58. The molecule has 0 amide bonds. The van der Waals surface area contributed by atoms with Gasteiger partial charge in [-0.3, -0.25) is 0 Å². The second kappa shape index (κ2) is 6.58. The zero-order valence-corrected chi connectivity index (χ0v) is 13.3. The van der Waals surface area contributed by atoms with Crippen LogP contribution in [0.1, 0.15) is 36.3 Å². The van der Waals surface area contributed by atoms with E-state index in [0.717, 1.165) is 11.8 Å². The number of halogens is 1. The van der Waals surface area contributed by atoms with Crippen LogP contribution in [0.15, 0.2) is 60.7 Å². The summed E-state index contributed by atoms with van der Waals surface area (Å²) in [7, 11) is 0. The SMILES string of the molecule is BrC1CCC(c2ccccc2)CC1Cc1ccccc1. The van der Waals surface area contributed by atoms with E-state index >= 15 is 0 Å². The predicted molar refractivity (Wildman–Crippen MR) is 89.4 cm³/mol. The van der Waals surface area contributed by atoms with Gasteiger partial charge in [0, 0.05) is 4.83 Å². The summed E-state index contributed by atoms with van der Waals surface area (Å²) in [4.78, 5) is 0.669. The van der Waals surface area contributed by atoms with Crippen LogP contribution in [0.3, 0.4) is 0 Å². The molecule has 3 atom stereocenters. The quantitative estimate of drug-likeness (QED) is 0.645. The minimum absolute atomic E-state index is 0.669. The fourth-order valence-corrected chi connectivity index (χ4v) is 4.05. The van der Waals surface area contributed by atoms with Gasteiger partial charge >= 0.3 is 0 Å². The summed E-state index contributed by atoms with van der Waals surface area (Å²) in [5.74, 6) is 1.48. The molecule has 0 saturated heterocycles. The van der Waals surface area contributed by atoms with Crippen LogP contribution >= 0.6 is 15.9 Å². The molecule has 104 valence electrons. The Labute approximate surface area is 130 Å². The topological polar surface area (TPSA) is 0 Å². The fourth-order valence-electron chi connectivity index (χ4n) is 3.38. The molecule has 0 N–H and O–H groups in total. The zero-order valence-electron chi connectivity index (χ0n) is 11.7. The Morgan fingerprint density at radius 1 is 0.850 bits per heavy atom. The summed E-state index contributed by atoms with van der Waals surface area (Å²) in [6.45, 7) is 0. The van der Waals surface area contributed by atoms with E-state index in [1.54, 1.807) is 0 Å². The summed E-state index contributed by atoms with van der Waals surface area (Å²) < 4.78 is 0. The third-order valence-corrected chi connectivity index (χ3v) is 5.71. The average Bonchev–Trinajstić information content (AvgIpc) is 2.51. The molecule has 1 saturated carbocycles. The molecule has 0 heterocycles. The van der Waals surface area contributed by atoms with E-state index in [4.69, 9.17) is 0 Å². The van der Waals surface area contributed by atoms with Crippen LogP contribution in [-0.2, 0) is 6.42 Å². The Morgan fingerprint density at radius 3 is 2.20 bits per heavy atom. The third kappa shape index (κ3) is 3.32. The number of benzene rings is 2. The fraction of sp³-hybridized carbons (Fsp3) is 0.368. The first-order chi connectivity index (χ1) is 9.83. The molecule has 0 spiro atoms. The molecule has 20 heavy (non-hydrogen) atoms. The van der Waals surface area contributed by atoms with Crippen LogP contribution in [0.2, 0.25) is 0 Å². The van der Waals surface area contributed by atoms with Gasteiger partial charge in [0.2, 0.25) is 0 Å². The molecule has 1 aliphatic carbocycles. The van der Waals surface area contributed by atoms with Crippen molar-refractivity contribution in [1.82, 2.24) is 0 Å². The Kier molecular flexibility index (Phi) is 4.57. The largest absolute Gasteiger partial charge is 0.0888 e. The normalized spacial score (nSPS) is 26.4. The smallest absolute Gasteiger partial charge is 0.0177 e. The standard InChI is InChI=1S/C19H21Br/c20-19-12-11-17(16-9-5-2-6-10-16)14-18(19)13-15-7-3-1-4-8-15/h1-10,17-19H,11-14H2. The van der Waals surface area contributed by atoms with Crippen LogP contribution in [0.25, 0.3) is 0 Å². The van der Waals surface area contributed by atoms with Crippen molar-refractivity contribution >= 4 is 15.9 Å². The molecule has 1 fully saturated rings. The van der Waals surface area contributed by atoms with Gasteiger partial charge in [-0.25, -0.2) is 0 Å². The van der Waals surface area contributed by atoms with E-state index in [1.165, 1.54) is 36.8 Å². The molecule has 3 rings (SSSR count). The molecular formula is C19H21Br. The summed E-state index contributed by atoms with van der Waals surface area (Å²) in [5.41, 5.74) is 2.99. The third-order valence-electron chi connectivity index (χ3n) is 4.50. The van der Waals surface area contributed by atoms with Crippen molar-refractivity contribution in [2.75, 3.05) is 0 Å². The van der Waals surface area contributed by atoms with Crippen LogP contribution in [0.5, 0.6) is 0 Å². The number of hydrogen-bond donors (Lipinski definition) is 0. The lowest BCUT2D eigenvalue weighted by molar-refractivity contribution is 0.335. The van der Waals surface area contributed by atoms with Gasteiger partial charge in [-0.2, -0.15) is 0 Å². The van der Waals surface area contributed by atoms with Crippen LogP contribution in [0, 0.1) is 5.92 Å². The van der Waals surface area contributed by atoms with Gasteiger partial charge in [0.15, 0.2) is 0 Å². The summed E-state index contributed by atoms with van der Waals surface area (Å²) >= 11 is 3.91. The lowest BCUT2D eigenvalue weighted by Gasteiger charge is -2.33. The van der Waals surface area contributed by atoms with Crippen LogP contribution < -0.4 is 0 Å². The van der Waals surface area contributed by atoms with Crippen LogP contribution in [0.4, 0.5) is 0 Å². The van der Waals surface area contributed by atoms with E-state index < -0.39 is 0 Å². The first-order valence-electron chi connectivity index (χ1n) is 7.56. The Balaban J connectivity index is 1.71. The maximum absolute atomic E-state index is 3.91. The number of hydrogen-bond acceptors (Lipinski definition) is 0. The van der Waals surface area contributed by atoms with E-state index in [0.29, 0.717) is 4.83 Å². The van der Waals surface area contributed by atoms with Gasteiger partial charge in [0.1, 0.15) is 0 Å². The highest BCUT2D eigenvalue weighted by Gasteiger charge is 2.29. The highest BCUT2D eigenvalue weighted by Crippen LogP contribution is 2.40. The monoisotopic (exact) mass is 328 g/mol. The first-order valence-corrected chi connectivity index (χ1v) is 8.47. The Hall–Kier alpha value is -1.08. The number of rotatable bonds is 3. The van der Waals surface area contributed by atoms with Gasteiger partial charge in [0.05, 0.1) is 0 Å².